The first-order valence-corrected chi connectivity index (χ1v) is 21.9. The average molecular weight is 819 g/mol. The van der Waals surface area contributed by atoms with E-state index in [1.165, 1.54) is 22.3 Å². The topological polar surface area (TPSA) is 112 Å². The van der Waals surface area contributed by atoms with Crippen LogP contribution in [0.4, 0.5) is 5.69 Å². The third-order valence-electron chi connectivity index (χ3n) is 13.0. The molecule has 0 radical (unpaired) electrons. The Morgan fingerprint density at radius 1 is 0.721 bits per heavy atom. The number of hydrogen-bond donors (Lipinski definition) is 2. The predicted molar refractivity (Wildman–Crippen MR) is 235 cm³/mol. The molecule has 2 saturated heterocycles. The van der Waals surface area contributed by atoms with Crippen LogP contribution in [0, 0.1) is 0 Å². The van der Waals surface area contributed by atoms with Crippen molar-refractivity contribution in [3.05, 3.63) is 160 Å². The van der Waals surface area contributed by atoms with E-state index in [9.17, 15) is 19.5 Å². The summed E-state index contributed by atoms with van der Waals surface area (Å²) in [7, 11) is 0. The van der Waals surface area contributed by atoms with Crippen LogP contribution in [0.3, 0.4) is 0 Å². The van der Waals surface area contributed by atoms with E-state index in [0.29, 0.717) is 50.6 Å². The van der Waals surface area contributed by atoms with Crippen molar-refractivity contribution >= 4 is 23.4 Å². The molecule has 4 unspecified atom stereocenters. The molecule has 5 aromatic carbocycles. The van der Waals surface area contributed by atoms with E-state index in [0.717, 1.165) is 73.8 Å². The van der Waals surface area contributed by atoms with Gasteiger partial charge in [0.2, 0.25) is 11.8 Å². The number of nitrogens with one attached hydrogen (secondary N) is 1. The molecule has 9 rings (SSSR count). The van der Waals surface area contributed by atoms with Crippen LogP contribution >= 0.6 is 0 Å². The highest BCUT2D eigenvalue weighted by Crippen LogP contribution is 2.47. The van der Waals surface area contributed by atoms with Crippen molar-refractivity contribution in [2.45, 2.75) is 75.7 Å². The summed E-state index contributed by atoms with van der Waals surface area (Å²) in [5.74, 6) is 1.50. The molecule has 61 heavy (non-hydrogen) atoms. The minimum Gasteiger partial charge on any atom is -0.494 e. The van der Waals surface area contributed by atoms with Crippen molar-refractivity contribution in [1.82, 2.24) is 15.1 Å². The number of aliphatic hydroxyl groups excluding tert-OH is 1. The molecule has 2 N–H and O–H groups in total. The van der Waals surface area contributed by atoms with E-state index < -0.39 is 18.1 Å². The van der Waals surface area contributed by atoms with E-state index in [4.69, 9.17) is 9.47 Å². The molecule has 0 spiro atoms. The fourth-order valence-electron chi connectivity index (χ4n) is 9.71. The van der Waals surface area contributed by atoms with Crippen molar-refractivity contribution in [3.63, 3.8) is 0 Å². The minimum atomic E-state index is -0.615. The fraction of sp³-hybridized carbons (Fsp3) is 0.353. The quantitative estimate of drug-likeness (QED) is 0.0893. The molecule has 3 heterocycles. The Kier molecular flexibility index (Phi) is 12.2. The van der Waals surface area contributed by atoms with Gasteiger partial charge in [-0.2, -0.15) is 0 Å². The summed E-state index contributed by atoms with van der Waals surface area (Å²) in [6, 6.07) is 41.7. The van der Waals surface area contributed by atoms with E-state index in [1.807, 2.05) is 30.3 Å². The summed E-state index contributed by atoms with van der Waals surface area (Å²) in [4.78, 5) is 43.4. The lowest BCUT2D eigenvalue weighted by molar-refractivity contribution is -0.136. The van der Waals surface area contributed by atoms with Crippen LogP contribution in [0.2, 0.25) is 0 Å². The first-order chi connectivity index (χ1) is 29.9. The molecular formula is C51H54N4O6. The van der Waals surface area contributed by atoms with Gasteiger partial charge in [-0.05, 0) is 114 Å². The van der Waals surface area contributed by atoms with Crippen LogP contribution in [-0.4, -0.2) is 84.1 Å². The van der Waals surface area contributed by atoms with Gasteiger partial charge in [0.1, 0.15) is 24.1 Å². The number of aryl methyl sites for hydroxylation is 1. The molecule has 314 valence electrons. The molecule has 1 aliphatic carbocycles. The SMILES string of the molecule is O=C1CCC(N2Cc3cc(N4CCN(CC(O)CCCOc5ccc(C6c7ccc(OCc8ccccc8)cc7CCC6c6ccccc6)cc5)CC4)ccc3C2=O)C(=O)N1. The van der Waals surface area contributed by atoms with Crippen LogP contribution in [0.1, 0.15) is 87.7 Å². The van der Waals surface area contributed by atoms with Crippen LogP contribution < -0.4 is 19.7 Å². The molecule has 3 aliphatic heterocycles. The Morgan fingerprint density at radius 2 is 1.48 bits per heavy atom. The number of ether oxygens (including phenoxy) is 2. The van der Waals surface area contributed by atoms with Gasteiger partial charge >= 0.3 is 0 Å². The van der Waals surface area contributed by atoms with Crippen molar-refractivity contribution < 1.29 is 29.0 Å². The number of carbonyl (C=O) groups excluding carboxylic acids is 3. The van der Waals surface area contributed by atoms with E-state index in [2.05, 4.69) is 106 Å². The molecule has 5 aromatic rings. The van der Waals surface area contributed by atoms with Crippen molar-refractivity contribution in [3.8, 4) is 11.5 Å². The molecule has 10 heteroatoms. The lowest BCUT2D eigenvalue weighted by Gasteiger charge is -2.37. The van der Waals surface area contributed by atoms with Gasteiger partial charge in [-0.1, -0.05) is 78.9 Å². The summed E-state index contributed by atoms with van der Waals surface area (Å²) in [5.41, 5.74) is 9.10. The number of anilines is 1. The van der Waals surface area contributed by atoms with Gasteiger partial charge in [0.05, 0.1) is 12.7 Å². The molecule has 0 bridgehead atoms. The Labute approximate surface area is 358 Å². The van der Waals surface area contributed by atoms with Crippen LogP contribution in [-0.2, 0) is 29.2 Å². The number of nitrogens with zero attached hydrogens (tertiary/aromatic N) is 3. The first kappa shape index (κ1) is 40.4. The molecule has 10 nitrogen and oxygen atoms in total. The summed E-state index contributed by atoms with van der Waals surface area (Å²) in [6.07, 6.45) is 3.65. The highest BCUT2D eigenvalue weighted by atomic mass is 16.5. The van der Waals surface area contributed by atoms with Gasteiger partial charge < -0.3 is 24.4 Å². The molecule has 0 aromatic heterocycles. The number of benzene rings is 5. The van der Waals surface area contributed by atoms with Crippen molar-refractivity contribution in [2.75, 3.05) is 44.2 Å². The Hall–Kier alpha value is -5.97. The normalized spacial score (nSPS) is 20.8. The van der Waals surface area contributed by atoms with Crippen molar-refractivity contribution in [1.29, 1.82) is 0 Å². The zero-order chi connectivity index (χ0) is 41.7. The highest BCUT2D eigenvalue weighted by molar-refractivity contribution is 6.05. The summed E-state index contributed by atoms with van der Waals surface area (Å²) in [5, 5.41) is 13.3. The lowest BCUT2D eigenvalue weighted by atomic mass is 9.69. The molecule has 3 amide bonds. The highest BCUT2D eigenvalue weighted by Gasteiger charge is 2.39. The minimum absolute atomic E-state index is 0.155. The van der Waals surface area contributed by atoms with E-state index in [1.54, 1.807) is 4.90 Å². The van der Waals surface area contributed by atoms with Gasteiger partial charge in [0.25, 0.3) is 5.91 Å². The Bertz CT molecular complexity index is 2330. The Morgan fingerprint density at radius 3 is 2.25 bits per heavy atom. The second-order valence-electron chi connectivity index (χ2n) is 16.9. The zero-order valence-corrected chi connectivity index (χ0v) is 34.6. The second kappa shape index (κ2) is 18.3. The summed E-state index contributed by atoms with van der Waals surface area (Å²) in [6.45, 7) is 5.38. The van der Waals surface area contributed by atoms with Crippen LogP contribution in [0.5, 0.6) is 11.5 Å². The van der Waals surface area contributed by atoms with Crippen molar-refractivity contribution in [2.24, 2.45) is 0 Å². The van der Waals surface area contributed by atoms with Crippen LogP contribution in [0.15, 0.2) is 121 Å². The number of rotatable bonds is 14. The van der Waals surface area contributed by atoms with Gasteiger partial charge in [0, 0.05) is 62.9 Å². The summed E-state index contributed by atoms with van der Waals surface area (Å²) < 4.78 is 12.4. The van der Waals surface area contributed by atoms with Crippen LogP contribution in [0.25, 0.3) is 0 Å². The number of carbonyl (C=O) groups is 3. The fourth-order valence-corrected chi connectivity index (χ4v) is 9.71. The monoisotopic (exact) mass is 818 g/mol. The first-order valence-electron chi connectivity index (χ1n) is 21.9. The predicted octanol–water partition coefficient (Wildman–Crippen LogP) is 7.23. The van der Waals surface area contributed by atoms with E-state index >= 15 is 0 Å². The second-order valence-corrected chi connectivity index (χ2v) is 16.9. The largest absolute Gasteiger partial charge is 0.494 e. The third-order valence-corrected chi connectivity index (χ3v) is 13.0. The molecule has 4 aliphatic rings. The van der Waals surface area contributed by atoms with Gasteiger partial charge in [0.15, 0.2) is 0 Å². The molecule has 2 fully saturated rings. The smallest absolute Gasteiger partial charge is 0.255 e. The number of piperazine rings is 1. The number of hydrogen-bond acceptors (Lipinski definition) is 8. The lowest BCUT2D eigenvalue weighted by Crippen LogP contribution is -2.52. The number of imide groups is 1. The maximum atomic E-state index is 13.1. The van der Waals surface area contributed by atoms with Gasteiger partial charge in [-0.15, -0.1) is 0 Å². The zero-order valence-electron chi connectivity index (χ0n) is 34.6. The van der Waals surface area contributed by atoms with Gasteiger partial charge in [-0.3, -0.25) is 24.6 Å². The molecule has 4 atom stereocenters. The number of amides is 3. The summed E-state index contributed by atoms with van der Waals surface area (Å²) >= 11 is 0. The number of β-amino-alcohol motifs (C(OH)–C–C–N with tert-alkyl or cyclic N) is 1. The molecule has 0 saturated carbocycles. The number of fused-ring (bicyclic) bond motifs is 2. The maximum absolute atomic E-state index is 13.1. The Balaban J connectivity index is 0.744. The van der Waals surface area contributed by atoms with E-state index in [-0.39, 0.29) is 24.2 Å². The number of aliphatic hydroxyl groups is 1. The number of piperidine rings is 1. The average Bonchev–Trinajstić information content (AvgIpc) is 3.62. The maximum Gasteiger partial charge on any atom is 0.255 e. The van der Waals surface area contributed by atoms with Gasteiger partial charge in [-0.25, -0.2) is 0 Å². The standard InChI is InChI=1S/C51H54N4O6/c56-41(33-53-25-27-54(28-26-53)40-16-21-46-39(30-40)32-55(51(46)59)47-23-24-48(57)52-50(47)58)12-7-29-60-42-17-13-37(14-18-42)49-44(36-10-5-2-6-11-36)20-15-38-31-43(19-22-45(38)49)61-34-35-8-3-1-4-9-35/h1-6,8-11,13-14,16-19,21-22,30-31,41,44,47,49,56H,7,12,15,20,23-29,32-34H2,(H,52,57,58). The molecular weight excluding hydrogens is 765 g/mol. The third kappa shape index (κ3) is 9.21.